The van der Waals surface area contributed by atoms with E-state index in [9.17, 15) is 4.11 Å². The van der Waals surface area contributed by atoms with Gasteiger partial charge in [-0.1, -0.05) is 48.5 Å². The number of para-hydroxylation sites is 4. The van der Waals surface area contributed by atoms with Gasteiger partial charge in [0.25, 0.3) is 0 Å². The molecule has 0 radical (unpaired) electrons. The number of hydrogen-bond acceptors (Lipinski definition) is 3. The molecule has 0 bridgehead atoms. The second-order valence-corrected chi connectivity index (χ2v) is 17.7. The number of pyridine rings is 1. The Morgan fingerprint density at radius 3 is 1.99 bits per heavy atom. The predicted octanol–water partition coefficient (Wildman–Crippen LogP) is 13.8. The summed E-state index contributed by atoms with van der Waals surface area (Å²) in [4.78, 5) is 7.30. The summed E-state index contributed by atoms with van der Waals surface area (Å²) in [5.74, 6) is 0.829. The molecule has 0 saturated heterocycles. The standard InChI is InChI=1S/C60H38BN5O.Pt/c1-4-19-42(20-5-1)44-23-14-24-45(39-44)50-31-16-30-49(43-21-6-2-7-22-43)59(50)64-41-63(54-34-12-13-35-55(54)64)47-27-15-28-48(40-47)67-58-38-18-37-57(62-58)65-56-36-17-32-52-51-29-10-11-33-53(51)66(60(52)56)61(65)46-25-8-3-9-26-46;/h1-35,37-39H;/q-2;/i15D,27D,28D;. The van der Waals surface area contributed by atoms with Gasteiger partial charge in [0.05, 0.1) is 0 Å². The molecule has 8 heteroatoms. The predicted molar refractivity (Wildman–Crippen MR) is 273 cm³/mol. The van der Waals surface area contributed by atoms with E-state index < -0.39 is 0 Å². The van der Waals surface area contributed by atoms with Gasteiger partial charge in [0.1, 0.15) is 0 Å². The third-order valence-corrected chi connectivity index (χ3v) is 13.8. The number of nitrogens with zero attached hydrogens (tertiary/aromatic N) is 5. The second-order valence-electron chi connectivity index (χ2n) is 16.7. The van der Waals surface area contributed by atoms with Crippen LogP contribution in [-0.4, -0.2) is 25.6 Å². The SMILES string of the molecule is [2H]c1c(Oc2cccc(N3B(c4ccccc4)n4c5ccccc5c5cc[c-]c3c54)n2)[c-]c(-n2[c](=[Pt])n(-c3c(-c4ccccc4)cccc3-c3cccc(-c4ccccc4)c3)c3ccccc32)c([2H])c1[2H]. The fourth-order valence-electron chi connectivity index (χ4n) is 9.89. The first kappa shape index (κ1) is 36.9. The summed E-state index contributed by atoms with van der Waals surface area (Å²) in [5.41, 5.74) is 13.4. The molecule has 1 aliphatic heterocycles. The van der Waals surface area contributed by atoms with Crippen LogP contribution < -0.4 is 15.0 Å². The molecule has 13 rings (SSSR count). The van der Waals surface area contributed by atoms with Gasteiger partial charge < -0.3 is 0 Å². The van der Waals surface area contributed by atoms with Gasteiger partial charge in [0.15, 0.2) is 0 Å². The van der Waals surface area contributed by atoms with Crippen LogP contribution in [0.25, 0.3) is 77.6 Å². The molecule has 0 aliphatic carbocycles. The maximum atomic E-state index is 9.45. The van der Waals surface area contributed by atoms with Crippen molar-refractivity contribution in [2.24, 2.45) is 0 Å². The van der Waals surface area contributed by atoms with Crippen molar-refractivity contribution >= 4 is 56.8 Å². The van der Waals surface area contributed by atoms with Crippen molar-refractivity contribution in [3.8, 4) is 56.4 Å². The zero-order valence-corrected chi connectivity index (χ0v) is 38.5. The van der Waals surface area contributed by atoms with E-state index in [4.69, 9.17) is 9.72 Å². The average molecular weight is 1050 g/mol. The number of anilines is 2. The van der Waals surface area contributed by atoms with Crippen molar-refractivity contribution in [3.05, 3.63) is 246 Å². The number of rotatable bonds is 9. The van der Waals surface area contributed by atoms with Crippen LogP contribution >= 0.6 is 0 Å². The molecule has 6 nitrogen and oxygen atoms in total. The summed E-state index contributed by atoms with van der Waals surface area (Å²) in [6.45, 7) is -0.279. The summed E-state index contributed by atoms with van der Waals surface area (Å²) in [6.07, 6.45) is 0. The number of imidazole rings is 1. The summed E-state index contributed by atoms with van der Waals surface area (Å²) in [7, 11) is 0. The number of fused-ring (bicyclic) bond motifs is 4. The van der Waals surface area contributed by atoms with Crippen LogP contribution in [0.1, 0.15) is 4.11 Å². The van der Waals surface area contributed by atoms with E-state index in [0.29, 0.717) is 5.82 Å². The number of ether oxygens (including phenoxy) is 1. The molecule has 0 N–H and O–H groups in total. The molecule has 0 saturated carbocycles. The Kier molecular flexibility index (Phi) is 8.99. The normalized spacial score (nSPS) is 12.8. The monoisotopic (exact) mass is 1050 g/mol. The topological polar surface area (TPSA) is 40.1 Å². The van der Waals surface area contributed by atoms with Crippen molar-refractivity contribution in [2.75, 3.05) is 4.81 Å². The van der Waals surface area contributed by atoms with Crippen LogP contribution in [0.4, 0.5) is 11.5 Å². The van der Waals surface area contributed by atoms with Gasteiger partial charge in [-0.15, -0.1) is 5.39 Å². The molecule has 68 heavy (non-hydrogen) atoms. The Labute approximate surface area is 409 Å². The molecule has 324 valence electrons. The Morgan fingerprint density at radius 1 is 0.559 bits per heavy atom. The minimum absolute atomic E-state index is 0.0129. The van der Waals surface area contributed by atoms with Gasteiger partial charge in [-0.25, -0.2) is 0 Å². The van der Waals surface area contributed by atoms with Gasteiger partial charge in [-0.2, -0.15) is 12.1 Å². The maximum absolute atomic E-state index is 9.45. The molecule has 3 aromatic heterocycles. The Bertz CT molecular complexity index is 4120. The van der Waals surface area contributed by atoms with Crippen molar-refractivity contribution in [1.82, 2.24) is 18.6 Å². The summed E-state index contributed by atoms with van der Waals surface area (Å²) in [6, 6.07) is 78.6. The zero-order valence-electron chi connectivity index (χ0n) is 39.2. The third kappa shape index (κ3) is 6.61. The third-order valence-electron chi connectivity index (χ3n) is 12.8. The molecule has 4 heterocycles. The van der Waals surface area contributed by atoms with Gasteiger partial charge in [0.2, 0.25) is 0 Å². The Hall–Kier alpha value is -8.25. The molecule has 0 atom stereocenters. The Balaban J connectivity index is 0.954. The fourth-order valence-corrected chi connectivity index (χ4v) is 10.9. The number of benzene rings is 9. The van der Waals surface area contributed by atoms with E-state index in [1.165, 1.54) is 5.39 Å². The average Bonchev–Trinajstić information content (AvgIpc) is 4.06. The quantitative estimate of drug-likeness (QED) is 0.107. The molecule has 0 spiro atoms. The van der Waals surface area contributed by atoms with E-state index in [1.54, 1.807) is 6.07 Å². The first-order valence-corrected chi connectivity index (χ1v) is 23.5. The summed E-state index contributed by atoms with van der Waals surface area (Å²) >= 11 is 2.33. The van der Waals surface area contributed by atoms with E-state index in [-0.39, 0.29) is 42.4 Å². The molecule has 0 unspecified atom stereocenters. The summed E-state index contributed by atoms with van der Waals surface area (Å²) < 4.78 is 41.7. The van der Waals surface area contributed by atoms with Crippen LogP contribution in [0.3, 0.4) is 0 Å². The summed E-state index contributed by atoms with van der Waals surface area (Å²) in [5, 5.41) is 2.31. The van der Waals surface area contributed by atoms with E-state index in [0.717, 1.165) is 81.5 Å². The number of aromatic nitrogens is 4. The molecule has 1 aliphatic rings. The van der Waals surface area contributed by atoms with Crippen LogP contribution in [0.5, 0.6) is 11.6 Å². The minimum atomic E-state index is -0.287. The molecular formula is C60H38BN5OPt-2. The van der Waals surface area contributed by atoms with Crippen LogP contribution in [-0.2, 0) is 19.4 Å². The zero-order chi connectivity index (χ0) is 47.7. The van der Waals surface area contributed by atoms with Gasteiger partial charge in [-0.3, -0.25) is 0 Å². The van der Waals surface area contributed by atoms with Crippen LogP contribution in [0.2, 0.25) is 0 Å². The first-order valence-electron chi connectivity index (χ1n) is 23.9. The molecule has 0 amide bonds. The molecular weight excluding hydrogens is 1010 g/mol. The van der Waals surface area contributed by atoms with Crippen LogP contribution in [0.15, 0.2) is 230 Å². The molecule has 12 aromatic rings. The van der Waals surface area contributed by atoms with Crippen molar-refractivity contribution in [1.29, 1.82) is 0 Å². The van der Waals surface area contributed by atoms with Gasteiger partial charge in [-0.05, 0) is 11.5 Å². The fraction of sp³-hybridized carbons (Fsp3) is 0. The molecule has 0 fully saturated rings. The van der Waals surface area contributed by atoms with Crippen molar-refractivity contribution < 1.29 is 28.2 Å². The second kappa shape index (κ2) is 16.6. The number of hydrogen-bond donors (Lipinski definition) is 0. The molecule has 9 aromatic carbocycles. The van der Waals surface area contributed by atoms with E-state index in [1.807, 2.05) is 59.2 Å². The van der Waals surface area contributed by atoms with E-state index in [2.05, 4.69) is 197 Å². The Morgan fingerprint density at radius 2 is 1.19 bits per heavy atom. The van der Waals surface area contributed by atoms with Crippen LogP contribution in [0, 0.1) is 15.9 Å². The van der Waals surface area contributed by atoms with Gasteiger partial charge in [0, 0.05) is 5.52 Å². The first-order chi connectivity index (χ1) is 34.9. The van der Waals surface area contributed by atoms with Crippen molar-refractivity contribution in [3.63, 3.8) is 0 Å². The van der Waals surface area contributed by atoms with E-state index >= 15 is 0 Å². The van der Waals surface area contributed by atoms with Gasteiger partial charge >= 0.3 is 328 Å². The van der Waals surface area contributed by atoms with Crippen molar-refractivity contribution in [2.45, 2.75) is 0 Å².